The van der Waals surface area contributed by atoms with Crippen molar-refractivity contribution >= 4 is 56.1 Å². The first-order valence-corrected chi connectivity index (χ1v) is 27.6. The van der Waals surface area contributed by atoms with Crippen molar-refractivity contribution in [3.63, 3.8) is 0 Å². The highest BCUT2D eigenvalue weighted by molar-refractivity contribution is 7.29. The summed E-state index contributed by atoms with van der Waals surface area (Å²) in [4.78, 5) is 10.5. The molecule has 1 aliphatic heterocycles. The Morgan fingerprint density at radius 3 is 1.02 bits per heavy atom. The second kappa shape index (κ2) is 14.1. The Hall–Kier alpha value is -4.69. The molecule has 0 amide bonds. The molecule has 0 saturated carbocycles. The zero-order chi connectivity index (χ0) is 35.6. The second-order valence-electron chi connectivity index (χ2n) is 16.3. The van der Waals surface area contributed by atoms with E-state index < -0.39 is 24.2 Å². The molecule has 2 nitrogen and oxygen atoms in total. The molecule has 7 rings (SSSR count). The Kier molecular flexibility index (Phi) is 9.64. The van der Waals surface area contributed by atoms with Gasteiger partial charge in [0.25, 0.3) is 0 Å². The van der Waals surface area contributed by atoms with Crippen LogP contribution in [-0.4, -0.2) is 34.2 Å². The van der Waals surface area contributed by atoms with Gasteiger partial charge in [-0.25, -0.2) is 0 Å². The highest BCUT2D eigenvalue weighted by Gasteiger charge is 2.53. The lowest BCUT2D eigenvalue weighted by atomic mass is 9.89. The molecular weight excluding hydrogens is 665 g/mol. The van der Waals surface area contributed by atoms with E-state index in [1.165, 1.54) is 65.6 Å². The molecule has 51 heavy (non-hydrogen) atoms. The number of allylic oxidation sites excluding steroid dienone is 2. The summed E-state index contributed by atoms with van der Waals surface area (Å²) in [5.41, 5.74) is 9.79. The molecule has 0 aliphatic carbocycles. The Bertz CT molecular complexity index is 2000. The molecule has 0 N–H and O–H groups in total. The summed E-state index contributed by atoms with van der Waals surface area (Å²) in [6.07, 6.45) is 4.37. The summed E-state index contributed by atoms with van der Waals surface area (Å²) in [6, 6.07) is 56.2. The molecule has 0 spiro atoms. The van der Waals surface area contributed by atoms with Crippen LogP contribution < -0.4 is 10.4 Å². The molecule has 6 aromatic rings. The van der Waals surface area contributed by atoms with Gasteiger partial charge in [-0.3, -0.25) is 9.97 Å². The van der Waals surface area contributed by atoms with Gasteiger partial charge in [0.15, 0.2) is 8.07 Å². The first kappa shape index (κ1) is 34.7. The standard InChI is InChI=1S/C46H48N2Si3/c1-49(2,3)33-39-29-27-37(31-47-39)45-43(35-19-11-7-12-20-35)44(36-21-13-8-14-22-36)46(38-28-30-40(48-32-38)34-50(4,5)6)51(45,41-23-15-9-16-24-41)42-25-17-10-18-26-42/h7-32H,33-34H2,1-6H3. The van der Waals surface area contributed by atoms with E-state index in [2.05, 4.69) is 197 Å². The van der Waals surface area contributed by atoms with Crippen LogP contribution in [0.4, 0.5) is 0 Å². The van der Waals surface area contributed by atoms with Gasteiger partial charge in [0.05, 0.1) is 16.1 Å². The van der Waals surface area contributed by atoms with E-state index in [1.54, 1.807) is 0 Å². The maximum Gasteiger partial charge on any atom is 0.182 e. The normalized spacial score (nSPS) is 14.6. The van der Waals surface area contributed by atoms with Gasteiger partial charge in [-0.2, -0.15) is 0 Å². The maximum atomic E-state index is 5.23. The van der Waals surface area contributed by atoms with E-state index in [-0.39, 0.29) is 0 Å². The van der Waals surface area contributed by atoms with Gasteiger partial charge in [0, 0.05) is 23.8 Å². The fraction of sp³-hybridized carbons (Fsp3) is 0.174. The smallest absolute Gasteiger partial charge is 0.182 e. The number of hydrogen-bond acceptors (Lipinski definition) is 2. The van der Waals surface area contributed by atoms with Crippen LogP contribution in [0.2, 0.25) is 39.3 Å². The van der Waals surface area contributed by atoms with E-state index >= 15 is 0 Å². The van der Waals surface area contributed by atoms with Crippen LogP contribution in [0.25, 0.3) is 21.5 Å². The van der Waals surface area contributed by atoms with Crippen molar-refractivity contribution in [2.24, 2.45) is 0 Å². The molecule has 2 aromatic heterocycles. The van der Waals surface area contributed by atoms with Crippen molar-refractivity contribution in [1.82, 2.24) is 9.97 Å². The van der Waals surface area contributed by atoms with Crippen LogP contribution in [0.1, 0.15) is 33.6 Å². The summed E-state index contributed by atoms with van der Waals surface area (Å²) in [6.45, 7) is 14.5. The van der Waals surface area contributed by atoms with Gasteiger partial charge in [-0.1, -0.05) is 173 Å². The van der Waals surface area contributed by atoms with Crippen LogP contribution in [0.3, 0.4) is 0 Å². The number of pyridine rings is 2. The van der Waals surface area contributed by atoms with Crippen molar-refractivity contribution in [2.45, 2.75) is 51.4 Å². The summed E-state index contributed by atoms with van der Waals surface area (Å²) < 4.78 is 0. The first-order valence-electron chi connectivity index (χ1n) is 18.2. The Balaban J connectivity index is 1.66. The largest absolute Gasteiger partial charge is 0.261 e. The summed E-state index contributed by atoms with van der Waals surface area (Å²) in [5, 5.41) is 5.49. The van der Waals surface area contributed by atoms with E-state index in [0.29, 0.717) is 0 Å². The molecule has 3 heterocycles. The molecule has 0 atom stereocenters. The summed E-state index contributed by atoms with van der Waals surface area (Å²) in [7, 11) is -5.76. The van der Waals surface area contributed by atoms with Crippen LogP contribution in [0.5, 0.6) is 0 Å². The van der Waals surface area contributed by atoms with Gasteiger partial charge in [-0.05, 0) is 78.4 Å². The zero-order valence-electron chi connectivity index (χ0n) is 30.8. The van der Waals surface area contributed by atoms with Gasteiger partial charge in [0.1, 0.15) is 0 Å². The summed E-state index contributed by atoms with van der Waals surface area (Å²) in [5.74, 6) is 0. The van der Waals surface area contributed by atoms with Gasteiger partial charge in [-0.15, -0.1) is 0 Å². The average molecular weight is 713 g/mol. The van der Waals surface area contributed by atoms with E-state index in [9.17, 15) is 0 Å². The number of benzene rings is 4. The molecule has 0 bridgehead atoms. The quantitative estimate of drug-likeness (QED) is 0.132. The molecule has 1 aliphatic rings. The first-order chi connectivity index (χ1) is 24.5. The topological polar surface area (TPSA) is 25.8 Å². The Labute approximate surface area is 307 Å². The van der Waals surface area contributed by atoms with Gasteiger partial charge >= 0.3 is 0 Å². The van der Waals surface area contributed by atoms with Crippen molar-refractivity contribution in [3.8, 4) is 0 Å². The van der Waals surface area contributed by atoms with Crippen molar-refractivity contribution in [1.29, 1.82) is 0 Å². The third-order valence-corrected chi connectivity index (χ3v) is 17.5. The lowest BCUT2D eigenvalue weighted by molar-refractivity contribution is 1.13. The van der Waals surface area contributed by atoms with Crippen LogP contribution in [-0.2, 0) is 12.1 Å². The number of nitrogens with zero attached hydrogens (tertiary/aromatic N) is 2. The minimum Gasteiger partial charge on any atom is -0.261 e. The lowest BCUT2D eigenvalue weighted by Gasteiger charge is -2.36. The summed E-state index contributed by atoms with van der Waals surface area (Å²) >= 11 is 0. The molecule has 254 valence electrons. The monoisotopic (exact) mass is 712 g/mol. The van der Waals surface area contributed by atoms with E-state index in [1.807, 2.05) is 0 Å². The fourth-order valence-electron chi connectivity index (χ4n) is 7.82. The third kappa shape index (κ3) is 7.11. The molecule has 0 saturated heterocycles. The molecule has 5 heteroatoms. The molecule has 0 fully saturated rings. The minimum absolute atomic E-state index is 1.06. The van der Waals surface area contributed by atoms with Crippen molar-refractivity contribution in [3.05, 3.63) is 192 Å². The molecular formula is C46H48N2Si3. The fourth-order valence-corrected chi connectivity index (χ4v) is 16.0. The molecule has 4 aromatic carbocycles. The SMILES string of the molecule is C[Si](C)(C)Cc1ccc(C2=C(c3ccccc3)C(c3ccccc3)=C(c3ccc(C[Si](C)(C)C)nc3)[Si]2(c2ccccc2)c2ccccc2)cn1. The lowest BCUT2D eigenvalue weighted by Crippen LogP contribution is -2.59. The predicted molar refractivity (Wildman–Crippen MR) is 227 cm³/mol. The van der Waals surface area contributed by atoms with Crippen molar-refractivity contribution in [2.75, 3.05) is 0 Å². The number of hydrogen-bond donors (Lipinski definition) is 0. The van der Waals surface area contributed by atoms with Crippen LogP contribution in [0.15, 0.2) is 158 Å². The average Bonchev–Trinajstić information content (AvgIpc) is 3.45. The maximum absolute atomic E-state index is 5.23. The van der Waals surface area contributed by atoms with Crippen LogP contribution in [0, 0.1) is 0 Å². The van der Waals surface area contributed by atoms with Gasteiger partial charge < -0.3 is 0 Å². The predicted octanol–water partition coefficient (Wildman–Crippen LogP) is 10.2. The number of rotatable bonds is 10. The highest BCUT2D eigenvalue weighted by atomic mass is 28.3. The van der Waals surface area contributed by atoms with E-state index in [4.69, 9.17) is 9.97 Å². The second-order valence-corrected chi connectivity index (χ2v) is 30.9. The van der Waals surface area contributed by atoms with Crippen LogP contribution >= 0.6 is 0 Å². The minimum atomic E-state index is -3.05. The van der Waals surface area contributed by atoms with Gasteiger partial charge in [0.2, 0.25) is 0 Å². The number of aromatic nitrogens is 2. The third-order valence-electron chi connectivity index (χ3n) is 9.69. The molecule has 0 radical (unpaired) electrons. The van der Waals surface area contributed by atoms with E-state index in [0.717, 1.165) is 12.1 Å². The molecule has 0 unspecified atom stereocenters. The Morgan fingerprint density at radius 1 is 0.392 bits per heavy atom. The highest BCUT2D eigenvalue weighted by Crippen LogP contribution is 2.55. The Morgan fingerprint density at radius 2 is 0.725 bits per heavy atom. The zero-order valence-corrected chi connectivity index (χ0v) is 33.8. The van der Waals surface area contributed by atoms with Crippen molar-refractivity contribution < 1.29 is 0 Å².